The highest BCUT2D eigenvalue weighted by atomic mass is 16.5. The van der Waals surface area contributed by atoms with E-state index in [0.717, 1.165) is 13.0 Å². The first-order chi connectivity index (χ1) is 11.1. The van der Waals surface area contributed by atoms with E-state index in [0.29, 0.717) is 32.8 Å². The van der Waals surface area contributed by atoms with Gasteiger partial charge < -0.3 is 19.5 Å². The van der Waals surface area contributed by atoms with E-state index in [1.54, 1.807) is 17.4 Å². The van der Waals surface area contributed by atoms with Crippen LogP contribution in [0.25, 0.3) is 0 Å². The number of rotatable bonds is 6. The van der Waals surface area contributed by atoms with Crippen molar-refractivity contribution in [3.8, 4) is 0 Å². The molecule has 1 aromatic heterocycles. The minimum absolute atomic E-state index is 0.0425. The highest BCUT2D eigenvalue weighted by molar-refractivity contribution is 5.81. The number of carbonyl (C=O) groups excluding carboxylic acids is 2. The summed E-state index contributed by atoms with van der Waals surface area (Å²) in [6, 6.07) is 0. The van der Waals surface area contributed by atoms with Crippen molar-refractivity contribution >= 4 is 11.8 Å². The molecule has 0 aromatic carbocycles. The van der Waals surface area contributed by atoms with E-state index in [1.165, 1.54) is 0 Å². The molecule has 7 heteroatoms. The molecule has 1 fully saturated rings. The topological polar surface area (TPSA) is 76.5 Å². The van der Waals surface area contributed by atoms with Crippen molar-refractivity contribution in [2.24, 2.45) is 11.8 Å². The highest BCUT2D eigenvalue weighted by Gasteiger charge is 2.28. The second kappa shape index (κ2) is 8.67. The van der Waals surface area contributed by atoms with E-state index in [9.17, 15) is 9.59 Å². The smallest absolute Gasteiger partial charge is 0.227 e. The van der Waals surface area contributed by atoms with Gasteiger partial charge in [0.05, 0.1) is 25.5 Å². The summed E-state index contributed by atoms with van der Waals surface area (Å²) in [5.41, 5.74) is 0. The normalized spacial score (nSPS) is 18.7. The molecule has 23 heavy (non-hydrogen) atoms. The Morgan fingerprint density at radius 1 is 1.43 bits per heavy atom. The molecule has 1 atom stereocenters. The lowest BCUT2D eigenvalue weighted by molar-refractivity contribution is -0.135. The molecule has 2 heterocycles. The molecule has 1 saturated heterocycles. The van der Waals surface area contributed by atoms with E-state index < -0.39 is 0 Å². The third-order valence-corrected chi connectivity index (χ3v) is 3.89. The van der Waals surface area contributed by atoms with Gasteiger partial charge in [0, 0.05) is 44.5 Å². The van der Waals surface area contributed by atoms with Crippen LogP contribution in [0.2, 0.25) is 0 Å². The molecular formula is C16H26N4O3. The second-order valence-electron chi connectivity index (χ2n) is 6.16. The van der Waals surface area contributed by atoms with Gasteiger partial charge in [0.2, 0.25) is 11.8 Å². The van der Waals surface area contributed by atoms with Crippen molar-refractivity contribution in [2.45, 2.75) is 26.8 Å². The number of hydrogen-bond donors (Lipinski definition) is 1. The molecule has 2 rings (SSSR count). The SMILES string of the molecule is CC(C)C(=O)N1CCOCC(C(=O)NCCCn2ccnc2)C1. The fraction of sp³-hybridized carbons (Fsp3) is 0.688. The summed E-state index contributed by atoms with van der Waals surface area (Å²) in [4.78, 5) is 30.2. The van der Waals surface area contributed by atoms with Gasteiger partial charge in [-0.15, -0.1) is 0 Å². The predicted molar refractivity (Wildman–Crippen MR) is 85.6 cm³/mol. The molecule has 2 amide bonds. The Kier molecular flexibility index (Phi) is 6.58. The van der Waals surface area contributed by atoms with Crippen molar-refractivity contribution in [1.29, 1.82) is 0 Å². The van der Waals surface area contributed by atoms with Crippen LogP contribution in [0, 0.1) is 11.8 Å². The van der Waals surface area contributed by atoms with Gasteiger partial charge in [0.25, 0.3) is 0 Å². The summed E-state index contributed by atoms with van der Waals surface area (Å²) >= 11 is 0. The van der Waals surface area contributed by atoms with Gasteiger partial charge in [-0.05, 0) is 6.42 Å². The van der Waals surface area contributed by atoms with Crippen LogP contribution < -0.4 is 5.32 Å². The van der Waals surface area contributed by atoms with Crippen molar-refractivity contribution in [3.63, 3.8) is 0 Å². The van der Waals surface area contributed by atoms with Crippen LogP contribution >= 0.6 is 0 Å². The van der Waals surface area contributed by atoms with E-state index >= 15 is 0 Å². The van der Waals surface area contributed by atoms with Gasteiger partial charge >= 0.3 is 0 Å². The van der Waals surface area contributed by atoms with E-state index in [-0.39, 0.29) is 23.7 Å². The Bertz CT molecular complexity index is 501. The Morgan fingerprint density at radius 2 is 2.26 bits per heavy atom. The summed E-state index contributed by atoms with van der Waals surface area (Å²) in [5, 5.41) is 2.94. The van der Waals surface area contributed by atoms with Crippen LogP contribution in [-0.4, -0.2) is 59.1 Å². The minimum Gasteiger partial charge on any atom is -0.379 e. The molecule has 0 saturated carbocycles. The van der Waals surface area contributed by atoms with Gasteiger partial charge in [-0.25, -0.2) is 4.98 Å². The zero-order valence-electron chi connectivity index (χ0n) is 13.9. The Labute approximate surface area is 137 Å². The Balaban J connectivity index is 1.76. The standard InChI is InChI=1S/C16H26N4O3/c1-13(2)16(22)20-8-9-23-11-14(10-20)15(21)18-4-3-6-19-7-5-17-12-19/h5,7,12-14H,3-4,6,8-11H2,1-2H3,(H,18,21). The van der Waals surface area contributed by atoms with Crippen LogP contribution in [-0.2, 0) is 20.9 Å². The number of hydrogen-bond acceptors (Lipinski definition) is 4. The molecule has 0 radical (unpaired) electrons. The number of amides is 2. The first kappa shape index (κ1) is 17.5. The first-order valence-electron chi connectivity index (χ1n) is 8.18. The summed E-state index contributed by atoms with van der Waals surface area (Å²) in [6.45, 7) is 7.02. The monoisotopic (exact) mass is 322 g/mol. The summed E-state index contributed by atoms with van der Waals surface area (Å²) in [7, 11) is 0. The number of aromatic nitrogens is 2. The van der Waals surface area contributed by atoms with Gasteiger partial charge in [0.1, 0.15) is 0 Å². The number of carbonyl (C=O) groups is 2. The Morgan fingerprint density at radius 3 is 2.96 bits per heavy atom. The highest BCUT2D eigenvalue weighted by Crippen LogP contribution is 2.11. The minimum atomic E-state index is -0.298. The molecule has 1 aliphatic rings. The van der Waals surface area contributed by atoms with Crippen molar-refractivity contribution in [2.75, 3.05) is 32.8 Å². The van der Waals surface area contributed by atoms with E-state index in [2.05, 4.69) is 10.3 Å². The van der Waals surface area contributed by atoms with Gasteiger partial charge in [0.15, 0.2) is 0 Å². The number of aryl methyl sites for hydroxylation is 1. The van der Waals surface area contributed by atoms with Crippen LogP contribution in [0.15, 0.2) is 18.7 Å². The average molecular weight is 322 g/mol. The molecule has 128 valence electrons. The summed E-state index contributed by atoms with van der Waals surface area (Å²) in [6.07, 6.45) is 6.23. The molecule has 0 bridgehead atoms. The van der Waals surface area contributed by atoms with E-state index in [4.69, 9.17) is 4.74 Å². The molecule has 0 aliphatic carbocycles. The second-order valence-corrected chi connectivity index (χ2v) is 6.16. The van der Waals surface area contributed by atoms with Crippen LogP contribution in [0.1, 0.15) is 20.3 Å². The van der Waals surface area contributed by atoms with E-state index in [1.807, 2.05) is 24.6 Å². The number of nitrogens with one attached hydrogen (secondary N) is 1. The molecule has 1 unspecified atom stereocenters. The molecule has 1 aliphatic heterocycles. The van der Waals surface area contributed by atoms with Crippen LogP contribution in [0.5, 0.6) is 0 Å². The molecule has 1 aromatic rings. The molecular weight excluding hydrogens is 296 g/mol. The fourth-order valence-electron chi connectivity index (χ4n) is 2.57. The van der Waals surface area contributed by atoms with Crippen molar-refractivity contribution < 1.29 is 14.3 Å². The van der Waals surface area contributed by atoms with Crippen molar-refractivity contribution in [1.82, 2.24) is 19.8 Å². The summed E-state index contributed by atoms with van der Waals surface area (Å²) < 4.78 is 7.46. The average Bonchev–Trinajstić information content (AvgIpc) is 2.92. The maximum absolute atomic E-state index is 12.3. The van der Waals surface area contributed by atoms with Crippen LogP contribution in [0.3, 0.4) is 0 Å². The third-order valence-electron chi connectivity index (χ3n) is 3.89. The quantitative estimate of drug-likeness (QED) is 0.775. The number of imidazole rings is 1. The summed E-state index contributed by atoms with van der Waals surface area (Å²) in [5.74, 6) is -0.326. The van der Waals surface area contributed by atoms with Gasteiger partial charge in [-0.3, -0.25) is 9.59 Å². The third kappa shape index (κ3) is 5.35. The maximum atomic E-state index is 12.3. The predicted octanol–water partition coefficient (Wildman–Crippen LogP) is 0.520. The molecule has 7 nitrogen and oxygen atoms in total. The number of nitrogens with zero attached hydrogens (tertiary/aromatic N) is 3. The molecule has 1 N–H and O–H groups in total. The largest absolute Gasteiger partial charge is 0.379 e. The zero-order valence-corrected chi connectivity index (χ0v) is 13.9. The maximum Gasteiger partial charge on any atom is 0.227 e. The van der Waals surface area contributed by atoms with Gasteiger partial charge in [-0.2, -0.15) is 0 Å². The fourth-order valence-corrected chi connectivity index (χ4v) is 2.57. The molecule has 0 spiro atoms. The Hall–Kier alpha value is -1.89. The first-order valence-corrected chi connectivity index (χ1v) is 8.18. The van der Waals surface area contributed by atoms with Gasteiger partial charge in [-0.1, -0.05) is 13.8 Å². The van der Waals surface area contributed by atoms with Crippen LogP contribution in [0.4, 0.5) is 0 Å². The lowest BCUT2D eigenvalue weighted by atomic mass is 10.1. The number of ether oxygens (including phenoxy) is 1. The van der Waals surface area contributed by atoms with Crippen molar-refractivity contribution in [3.05, 3.63) is 18.7 Å². The lowest BCUT2D eigenvalue weighted by Gasteiger charge is -2.24. The zero-order chi connectivity index (χ0) is 16.7. The lowest BCUT2D eigenvalue weighted by Crippen LogP contribution is -2.43.